The van der Waals surface area contributed by atoms with Crippen molar-refractivity contribution in [2.75, 3.05) is 18.5 Å². The molecule has 1 aliphatic carbocycles. The zero-order valence-corrected chi connectivity index (χ0v) is 14.2. The van der Waals surface area contributed by atoms with Crippen molar-refractivity contribution in [3.63, 3.8) is 0 Å². The molecule has 6 heteroatoms. The molecule has 1 aliphatic rings. The predicted molar refractivity (Wildman–Crippen MR) is 90.3 cm³/mol. The molecule has 0 unspecified atom stereocenters. The summed E-state index contributed by atoms with van der Waals surface area (Å²) in [6.45, 7) is 3.73. The first-order valence-electron chi connectivity index (χ1n) is 8.30. The van der Waals surface area contributed by atoms with Crippen molar-refractivity contribution in [2.24, 2.45) is 5.92 Å². The summed E-state index contributed by atoms with van der Waals surface area (Å²) in [7, 11) is 0. The van der Waals surface area contributed by atoms with Gasteiger partial charge in [0.05, 0.1) is 6.10 Å². The molecule has 6 nitrogen and oxygen atoms in total. The molecule has 0 aromatic heterocycles. The minimum Gasteiger partial charge on any atom is -0.482 e. The number of carbonyl (C=O) groups is 2. The van der Waals surface area contributed by atoms with Gasteiger partial charge >= 0.3 is 5.97 Å². The Balaban J connectivity index is 1.79. The Kier molecular flexibility index (Phi) is 6.61. The molecule has 1 aromatic rings. The highest BCUT2D eigenvalue weighted by Crippen LogP contribution is 2.25. The Labute approximate surface area is 142 Å². The van der Waals surface area contributed by atoms with Crippen LogP contribution in [0.1, 0.15) is 38.2 Å². The highest BCUT2D eigenvalue weighted by molar-refractivity contribution is 5.92. The third-order valence-electron chi connectivity index (χ3n) is 4.25. The van der Waals surface area contributed by atoms with Crippen LogP contribution in [0, 0.1) is 12.8 Å². The van der Waals surface area contributed by atoms with E-state index in [1.165, 1.54) is 0 Å². The second-order valence-electron chi connectivity index (χ2n) is 6.40. The lowest BCUT2D eigenvalue weighted by atomic mass is 9.89. The number of benzene rings is 1. The average Bonchev–Trinajstić information content (AvgIpc) is 2.54. The Morgan fingerprint density at radius 1 is 1.21 bits per heavy atom. The molecule has 0 aliphatic heterocycles. The summed E-state index contributed by atoms with van der Waals surface area (Å²) in [6, 6.07) is 5.03. The maximum Gasteiger partial charge on any atom is 0.341 e. The molecular formula is C18H25NO5. The van der Waals surface area contributed by atoms with E-state index < -0.39 is 5.97 Å². The first-order chi connectivity index (χ1) is 11.4. The van der Waals surface area contributed by atoms with Gasteiger partial charge in [0, 0.05) is 5.69 Å². The van der Waals surface area contributed by atoms with Gasteiger partial charge in [-0.25, -0.2) is 4.79 Å². The standard InChI is InChI=1S/C18H25NO5/c1-12-3-5-14(6-4-12)23-10-17(20)19-16-8-7-15(9-13(16)2)24-11-18(21)22/h7-9,12,14H,3-6,10-11H2,1-2H3,(H,19,20)(H,21,22). The lowest BCUT2D eigenvalue weighted by molar-refractivity contribution is -0.139. The Morgan fingerprint density at radius 3 is 2.54 bits per heavy atom. The fourth-order valence-corrected chi connectivity index (χ4v) is 2.79. The van der Waals surface area contributed by atoms with Gasteiger partial charge in [-0.05, 0) is 62.3 Å². The smallest absolute Gasteiger partial charge is 0.341 e. The molecule has 2 rings (SSSR count). The highest BCUT2D eigenvalue weighted by atomic mass is 16.5. The minimum absolute atomic E-state index is 0.0513. The van der Waals surface area contributed by atoms with E-state index in [0.29, 0.717) is 11.4 Å². The van der Waals surface area contributed by atoms with Gasteiger partial charge in [-0.2, -0.15) is 0 Å². The second kappa shape index (κ2) is 8.68. The molecule has 24 heavy (non-hydrogen) atoms. The number of hydrogen-bond acceptors (Lipinski definition) is 4. The fourth-order valence-electron chi connectivity index (χ4n) is 2.79. The number of aliphatic carboxylic acids is 1. The molecule has 0 spiro atoms. The summed E-state index contributed by atoms with van der Waals surface area (Å²) in [5.41, 5.74) is 1.47. The van der Waals surface area contributed by atoms with Crippen LogP contribution in [-0.2, 0) is 14.3 Å². The summed E-state index contributed by atoms with van der Waals surface area (Å²) in [5, 5.41) is 11.4. The molecule has 1 fully saturated rings. The zero-order valence-electron chi connectivity index (χ0n) is 14.2. The van der Waals surface area contributed by atoms with Crippen molar-refractivity contribution in [3.8, 4) is 5.75 Å². The van der Waals surface area contributed by atoms with E-state index in [1.54, 1.807) is 18.2 Å². The van der Waals surface area contributed by atoms with Crippen LogP contribution in [0.15, 0.2) is 18.2 Å². The lowest BCUT2D eigenvalue weighted by Gasteiger charge is -2.26. The van der Waals surface area contributed by atoms with E-state index in [9.17, 15) is 9.59 Å². The molecule has 1 aromatic carbocycles. The molecule has 0 saturated heterocycles. The van der Waals surface area contributed by atoms with Crippen LogP contribution in [0.4, 0.5) is 5.69 Å². The van der Waals surface area contributed by atoms with E-state index in [0.717, 1.165) is 37.2 Å². The van der Waals surface area contributed by atoms with Crippen molar-refractivity contribution in [3.05, 3.63) is 23.8 Å². The maximum absolute atomic E-state index is 12.0. The third-order valence-corrected chi connectivity index (χ3v) is 4.25. The SMILES string of the molecule is Cc1cc(OCC(=O)O)ccc1NC(=O)COC1CCC(C)CC1. The number of carboxylic acids is 1. The number of rotatable bonds is 7. The number of carbonyl (C=O) groups excluding carboxylic acids is 1. The zero-order chi connectivity index (χ0) is 17.5. The van der Waals surface area contributed by atoms with Gasteiger partial charge in [-0.3, -0.25) is 4.79 Å². The van der Waals surface area contributed by atoms with Crippen LogP contribution < -0.4 is 10.1 Å². The number of amides is 1. The van der Waals surface area contributed by atoms with Gasteiger partial charge in [-0.15, -0.1) is 0 Å². The summed E-state index contributed by atoms with van der Waals surface area (Å²) >= 11 is 0. The van der Waals surface area contributed by atoms with Gasteiger partial charge in [0.15, 0.2) is 6.61 Å². The van der Waals surface area contributed by atoms with E-state index in [4.69, 9.17) is 14.6 Å². The first kappa shape index (κ1) is 18.3. The molecule has 1 amide bonds. The summed E-state index contributed by atoms with van der Waals surface area (Å²) < 4.78 is 10.8. The van der Waals surface area contributed by atoms with Gasteiger partial charge < -0.3 is 19.9 Å². The first-order valence-corrected chi connectivity index (χ1v) is 8.30. The summed E-state index contributed by atoms with van der Waals surface area (Å²) in [6.07, 6.45) is 4.53. The lowest BCUT2D eigenvalue weighted by Crippen LogP contribution is -2.26. The molecule has 1 saturated carbocycles. The number of anilines is 1. The van der Waals surface area contributed by atoms with Crippen LogP contribution in [0.2, 0.25) is 0 Å². The van der Waals surface area contributed by atoms with Crippen molar-refractivity contribution < 1.29 is 24.2 Å². The van der Waals surface area contributed by atoms with Crippen LogP contribution in [-0.4, -0.2) is 36.3 Å². The summed E-state index contributed by atoms with van der Waals surface area (Å²) in [4.78, 5) is 22.5. The van der Waals surface area contributed by atoms with E-state index >= 15 is 0 Å². The van der Waals surface area contributed by atoms with Gasteiger partial charge in [0.25, 0.3) is 0 Å². The van der Waals surface area contributed by atoms with Crippen molar-refractivity contribution >= 4 is 17.6 Å². The molecular weight excluding hydrogens is 310 g/mol. The Bertz CT molecular complexity index is 579. The summed E-state index contributed by atoms with van der Waals surface area (Å²) in [5.74, 6) is -0.00104. The molecule has 132 valence electrons. The number of aryl methyl sites for hydroxylation is 1. The van der Waals surface area contributed by atoms with Crippen LogP contribution in [0.5, 0.6) is 5.75 Å². The third kappa shape index (κ3) is 5.85. The van der Waals surface area contributed by atoms with E-state index in [2.05, 4.69) is 12.2 Å². The Morgan fingerprint density at radius 2 is 1.92 bits per heavy atom. The molecule has 2 N–H and O–H groups in total. The average molecular weight is 335 g/mol. The normalized spacial score (nSPS) is 20.4. The van der Waals surface area contributed by atoms with Gasteiger partial charge in [0.2, 0.25) is 5.91 Å². The number of hydrogen-bond donors (Lipinski definition) is 2. The maximum atomic E-state index is 12.0. The van der Waals surface area contributed by atoms with Crippen molar-refractivity contribution in [2.45, 2.75) is 45.6 Å². The monoisotopic (exact) mass is 335 g/mol. The minimum atomic E-state index is -1.03. The quantitative estimate of drug-likeness (QED) is 0.800. The Hall–Kier alpha value is -2.08. The largest absolute Gasteiger partial charge is 0.482 e. The predicted octanol–water partition coefficient (Wildman–Crippen LogP) is 2.99. The van der Waals surface area contributed by atoms with Gasteiger partial charge in [0.1, 0.15) is 12.4 Å². The van der Waals surface area contributed by atoms with Crippen molar-refractivity contribution in [1.82, 2.24) is 0 Å². The van der Waals surface area contributed by atoms with Gasteiger partial charge in [-0.1, -0.05) is 6.92 Å². The molecule has 0 radical (unpaired) electrons. The van der Waals surface area contributed by atoms with Crippen LogP contribution in [0.25, 0.3) is 0 Å². The molecule has 0 heterocycles. The second-order valence-corrected chi connectivity index (χ2v) is 6.40. The molecule has 0 bridgehead atoms. The van der Waals surface area contributed by atoms with Crippen LogP contribution in [0.3, 0.4) is 0 Å². The van der Waals surface area contributed by atoms with Crippen molar-refractivity contribution in [1.29, 1.82) is 0 Å². The topological polar surface area (TPSA) is 84.9 Å². The van der Waals surface area contributed by atoms with E-state index in [1.807, 2.05) is 6.92 Å². The van der Waals surface area contributed by atoms with E-state index in [-0.39, 0.29) is 25.2 Å². The highest BCUT2D eigenvalue weighted by Gasteiger charge is 2.19. The fraction of sp³-hybridized carbons (Fsp3) is 0.556. The number of nitrogens with one attached hydrogen (secondary N) is 1. The van der Waals surface area contributed by atoms with Crippen LogP contribution >= 0.6 is 0 Å². The number of carboxylic acid groups (broad SMARTS) is 1. The molecule has 0 atom stereocenters. The number of ether oxygens (including phenoxy) is 2.